The van der Waals surface area contributed by atoms with Crippen molar-refractivity contribution in [2.75, 3.05) is 0 Å². The molecule has 0 bridgehead atoms. The molecule has 0 N–H and O–H groups in total. The summed E-state index contributed by atoms with van der Waals surface area (Å²) in [4.78, 5) is 11.4. The number of rotatable bonds is 1. The lowest BCUT2D eigenvalue weighted by Gasteiger charge is -2.03. The molecule has 0 aliphatic heterocycles. The largest absolute Gasteiger partial charge is 0.316 e. The van der Waals surface area contributed by atoms with Gasteiger partial charge in [0.05, 0.1) is 11.2 Å². The van der Waals surface area contributed by atoms with Crippen molar-refractivity contribution >= 4 is 33.6 Å². The minimum Gasteiger partial charge on any atom is -0.316 e. The average Bonchev–Trinajstić information content (AvgIpc) is 2.75. The van der Waals surface area contributed by atoms with E-state index in [1.165, 1.54) is 10.6 Å². The fourth-order valence-electron chi connectivity index (χ4n) is 1.79. The normalized spacial score (nSPS) is 11.0. The van der Waals surface area contributed by atoms with Crippen LogP contribution in [0.25, 0.3) is 16.7 Å². The summed E-state index contributed by atoms with van der Waals surface area (Å²) in [6, 6.07) is 9.22. The minimum atomic E-state index is -0.0438. The molecule has 0 atom stereocenters. The van der Waals surface area contributed by atoms with E-state index in [4.69, 9.17) is 0 Å². The van der Waals surface area contributed by atoms with E-state index in [2.05, 4.69) is 32.9 Å². The highest BCUT2D eigenvalue weighted by Crippen LogP contribution is 2.17. The minimum absolute atomic E-state index is 0.0438. The van der Waals surface area contributed by atoms with Crippen LogP contribution in [0.4, 0.5) is 0 Å². The third kappa shape index (κ3) is 1.82. The first kappa shape index (κ1) is 11.4. The summed E-state index contributed by atoms with van der Waals surface area (Å²) in [5.41, 5.74) is 2.54. The number of aromatic nitrogens is 4. The molecule has 0 amide bonds. The third-order valence-corrected chi connectivity index (χ3v) is 3.39. The number of pyridine rings is 1. The number of nitrogens with zero attached hydrogens (tertiary/aromatic N) is 4. The molecule has 3 aromatic rings. The zero-order chi connectivity index (χ0) is 12.7. The molecule has 0 spiro atoms. The highest BCUT2D eigenvalue weighted by atomic mass is 127. The summed E-state index contributed by atoms with van der Waals surface area (Å²) >= 11 is 2.24. The van der Waals surface area contributed by atoms with Crippen molar-refractivity contribution in [2.24, 2.45) is 7.05 Å². The predicted molar refractivity (Wildman–Crippen MR) is 76.8 cm³/mol. The van der Waals surface area contributed by atoms with Gasteiger partial charge < -0.3 is 4.57 Å². The fourth-order valence-corrected chi connectivity index (χ4v) is 2.27. The van der Waals surface area contributed by atoms with Crippen LogP contribution < -0.4 is 5.56 Å². The summed E-state index contributed by atoms with van der Waals surface area (Å²) in [6.07, 6.45) is 1.74. The van der Waals surface area contributed by atoms with Gasteiger partial charge in [-0.15, -0.1) is 5.10 Å². The lowest BCUT2D eigenvalue weighted by atomic mass is 10.3. The quantitative estimate of drug-likeness (QED) is 0.627. The molecule has 5 nitrogen and oxygen atoms in total. The summed E-state index contributed by atoms with van der Waals surface area (Å²) in [7, 11) is 1.72. The van der Waals surface area contributed by atoms with Gasteiger partial charge in [-0.2, -0.15) is 0 Å². The highest BCUT2D eigenvalue weighted by Gasteiger charge is 2.07. The van der Waals surface area contributed by atoms with E-state index in [9.17, 15) is 4.79 Å². The standard InChI is InChI=1S/C12H9IN4O/c1-16-7-9(3-5-12(16)18)17-11-4-2-8(13)6-10(11)14-15-17/h2-7H,1H3. The maximum Gasteiger partial charge on any atom is 0.250 e. The van der Waals surface area contributed by atoms with Crippen LogP contribution in [-0.4, -0.2) is 19.6 Å². The number of hydrogen-bond donors (Lipinski definition) is 0. The van der Waals surface area contributed by atoms with Crippen molar-refractivity contribution in [1.29, 1.82) is 0 Å². The number of fused-ring (bicyclic) bond motifs is 1. The molecule has 0 aliphatic rings. The van der Waals surface area contributed by atoms with Gasteiger partial charge in [-0.25, -0.2) is 4.68 Å². The van der Waals surface area contributed by atoms with Gasteiger partial charge in [-0.1, -0.05) is 5.21 Å². The molecular formula is C12H9IN4O. The van der Waals surface area contributed by atoms with Crippen molar-refractivity contribution in [3.8, 4) is 5.69 Å². The van der Waals surface area contributed by atoms with Crippen LogP contribution in [0.1, 0.15) is 0 Å². The lowest BCUT2D eigenvalue weighted by Crippen LogP contribution is -2.15. The Hall–Kier alpha value is -1.70. The number of hydrogen-bond acceptors (Lipinski definition) is 3. The third-order valence-electron chi connectivity index (χ3n) is 2.72. The topological polar surface area (TPSA) is 52.7 Å². The molecule has 1 aromatic carbocycles. The maximum absolute atomic E-state index is 11.4. The van der Waals surface area contributed by atoms with Crippen LogP contribution in [-0.2, 0) is 7.05 Å². The highest BCUT2D eigenvalue weighted by molar-refractivity contribution is 14.1. The summed E-state index contributed by atoms with van der Waals surface area (Å²) in [5.74, 6) is 0. The fraction of sp³-hybridized carbons (Fsp3) is 0.0833. The molecule has 0 saturated carbocycles. The molecule has 3 rings (SSSR count). The second kappa shape index (κ2) is 4.20. The van der Waals surface area contributed by atoms with E-state index < -0.39 is 0 Å². The smallest absolute Gasteiger partial charge is 0.250 e. The van der Waals surface area contributed by atoms with Gasteiger partial charge in [0.25, 0.3) is 0 Å². The molecule has 0 unspecified atom stereocenters. The van der Waals surface area contributed by atoms with Crippen LogP contribution in [0.2, 0.25) is 0 Å². The Morgan fingerprint density at radius 2 is 2.06 bits per heavy atom. The summed E-state index contributed by atoms with van der Waals surface area (Å²) in [6.45, 7) is 0. The van der Waals surface area contributed by atoms with Crippen LogP contribution >= 0.6 is 22.6 Å². The first-order valence-electron chi connectivity index (χ1n) is 5.33. The van der Waals surface area contributed by atoms with E-state index in [1.807, 2.05) is 18.2 Å². The van der Waals surface area contributed by atoms with E-state index >= 15 is 0 Å². The monoisotopic (exact) mass is 352 g/mol. The van der Waals surface area contributed by atoms with Gasteiger partial charge in [0.1, 0.15) is 5.52 Å². The van der Waals surface area contributed by atoms with Crippen molar-refractivity contribution in [3.63, 3.8) is 0 Å². The predicted octanol–water partition coefficient (Wildman–Crippen LogP) is 1.72. The van der Waals surface area contributed by atoms with E-state index in [0.717, 1.165) is 20.3 Å². The molecule has 6 heteroatoms. The Labute approximate surface area is 116 Å². The van der Waals surface area contributed by atoms with Crippen molar-refractivity contribution in [3.05, 3.63) is 50.5 Å². The van der Waals surface area contributed by atoms with Crippen molar-refractivity contribution < 1.29 is 0 Å². The van der Waals surface area contributed by atoms with E-state index in [1.54, 1.807) is 24.0 Å². The molecular weight excluding hydrogens is 343 g/mol. The second-order valence-corrected chi connectivity index (χ2v) is 5.22. The van der Waals surface area contributed by atoms with Gasteiger partial charge in [0, 0.05) is 22.9 Å². The van der Waals surface area contributed by atoms with Crippen LogP contribution in [0, 0.1) is 3.57 Å². The summed E-state index contributed by atoms with van der Waals surface area (Å²) < 4.78 is 4.37. The zero-order valence-electron chi connectivity index (χ0n) is 9.54. The maximum atomic E-state index is 11.4. The molecule has 2 aromatic heterocycles. The number of aryl methyl sites for hydroxylation is 1. The van der Waals surface area contributed by atoms with Crippen molar-refractivity contribution in [1.82, 2.24) is 19.6 Å². The molecule has 18 heavy (non-hydrogen) atoms. The Morgan fingerprint density at radius 3 is 2.83 bits per heavy atom. The molecule has 90 valence electrons. The number of halogens is 1. The SMILES string of the molecule is Cn1cc(-n2nnc3cc(I)ccc32)ccc1=O. The molecule has 0 fully saturated rings. The summed E-state index contributed by atoms with van der Waals surface area (Å²) in [5, 5.41) is 8.25. The second-order valence-electron chi connectivity index (χ2n) is 3.97. The van der Waals surface area contributed by atoms with Crippen LogP contribution in [0.5, 0.6) is 0 Å². The molecule has 0 radical (unpaired) electrons. The molecule has 0 saturated heterocycles. The number of benzene rings is 1. The van der Waals surface area contributed by atoms with E-state index in [0.29, 0.717) is 0 Å². The first-order valence-corrected chi connectivity index (χ1v) is 6.41. The van der Waals surface area contributed by atoms with Gasteiger partial charge >= 0.3 is 0 Å². The zero-order valence-corrected chi connectivity index (χ0v) is 11.7. The lowest BCUT2D eigenvalue weighted by molar-refractivity contribution is 0.788. The van der Waals surface area contributed by atoms with Crippen LogP contribution in [0.3, 0.4) is 0 Å². The van der Waals surface area contributed by atoms with Gasteiger partial charge in [-0.3, -0.25) is 4.79 Å². The average molecular weight is 352 g/mol. The Bertz CT molecular complexity index is 790. The van der Waals surface area contributed by atoms with Gasteiger partial charge in [-0.05, 0) is 46.9 Å². The Balaban J connectivity index is 2.25. The van der Waals surface area contributed by atoms with Gasteiger partial charge in [0.2, 0.25) is 5.56 Å². The van der Waals surface area contributed by atoms with Gasteiger partial charge in [0.15, 0.2) is 0 Å². The van der Waals surface area contributed by atoms with E-state index in [-0.39, 0.29) is 5.56 Å². The Kier molecular flexibility index (Phi) is 2.66. The Morgan fingerprint density at radius 1 is 1.22 bits per heavy atom. The van der Waals surface area contributed by atoms with Crippen molar-refractivity contribution in [2.45, 2.75) is 0 Å². The van der Waals surface area contributed by atoms with Crippen LogP contribution in [0.15, 0.2) is 41.3 Å². The molecule has 2 heterocycles. The molecule has 0 aliphatic carbocycles. The first-order chi connectivity index (χ1) is 8.65.